The van der Waals surface area contributed by atoms with Crippen LogP contribution in [0.15, 0.2) is 18.0 Å². The fraction of sp³-hybridized carbons (Fsp3) is 0.400. The van der Waals surface area contributed by atoms with E-state index in [1.54, 1.807) is 4.90 Å². The van der Waals surface area contributed by atoms with E-state index in [4.69, 9.17) is 17.3 Å². The Bertz CT molecular complexity index is 487. The summed E-state index contributed by atoms with van der Waals surface area (Å²) in [6.45, 7) is 0.298. The Morgan fingerprint density at radius 1 is 1.33 bits per heavy atom. The van der Waals surface area contributed by atoms with Gasteiger partial charge in [0, 0.05) is 18.7 Å². The van der Waals surface area contributed by atoms with E-state index in [9.17, 15) is 13.2 Å². The number of rotatable bonds is 1. The molecule has 2 N–H and O–H groups in total. The number of anilines is 2. The molecule has 0 bridgehead atoms. The number of halogens is 4. The number of hydrogen-bond acceptors (Lipinski definition) is 4. The monoisotopic (exact) mass is 278 g/mol. The molecule has 0 radical (unpaired) electrons. The summed E-state index contributed by atoms with van der Waals surface area (Å²) in [5.74, 6) is 0.480. The molecule has 0 saturated carbocycles. The molecule has 2 heterocycles. The predicted molar refractivity (Wildman–Crippen MR) is 62.4 cm³/mol. The predicted octanol–water partition coefficient (Wildman–Crippen LogP) is 2.41. The average molecular weight is 279 g/mol. The summed E-state index contributed by atoms with van der Waals surface area (Å²) < 4.78 is 37.4. The number of alkyl halides is 3. The zero-order valence-electron chi connectivity index (χ0n) is 9.21. The molecule has 0 aromatic carbocycles. The van der Waals surface area contributed by atoms with E-state index in [-0.39, 0.29) is 30.4 Å². The molecular weight excluding hydrogens is 269 g/mol. The molecule has 1 aliphatic rings. The number of nitrogens with two attached hydrogens (primary N) is 1. The molecule has 1 aromatic heterocycles. The Hall–Kier alpha value is -1.50. The maximum atomic E-state index is 12.5. The minimum absolute atomic E-state index is 0.0935. The van der Waals surface area contributed by atoms with Crippen molar-refractivity contribution >= 4 is 23.2 Å². The quantitative estimate of drug-likeness (QED) is 0.802. The smallest absolute Gasteiger partial charge is 0.382 e. The van der Waals surface area contributed by atoms with Crippen LogP contribution in [0, 0.1) is 0 Å². The van der Waals surface area contributed by atoms with Crippen LogP contribution >= 0.6 is 11.6 Å². The summed E-state index contributed by atoms with van der Waals surface area (Å²) in [6, 6.07) is 0. The molecule has 4 nitrogen and oxygen atoms in total. The van der Waals surface area contributed by atoms with E-state index in [0.29, 0.717) is 5.82 Å². The first kappa shape index (κ1) is 12.9. The molecule has 0 unspecified atom stereocenters. The third kappa shape index (κ3) is 2.50. The molecule has 0 fully saturated rings. The molecule has 0 spiro atoms. The van der Waals surface area contributed by atoms with E-state index in [1.807, 2.05) is 0 Å². The van der Waals surface area contributed by atoms with Crippen LogP contribution in [-0.2, 0) is 0 Å². The van der Waals surface area contributed by atoms with Crippen molar-refractivity contribution in [1.29, 1.82) is 0 Å². The van der Waals surface area contributed by atoms with Crippen LogP contribution in [0.5, 0.6) is 0 Å². The number of aromatic nitrogens is 2. The summed E-state index contributed by atoms with van der Waals surface area (Å²) in [6.07, 6.45) is -1.98. The topological polar surface area (TPSA) is 55.0 Å². The molecule has 0 amide bonds. The Morgan fingerprint density at radius 2 is 2.06 bits per heavy atom. The van der Waals surface area contributed by atoms with Crippen molar-refractivity contribution in [3.05, 3.63) is 23.0 Å². The van der Waals surface area contributed by atoms with Crippen molar-refractivity contribution in [2.75, 3.05) is 23.7 Å². The van der Waals surface area contributed by atoms with Gasteiger partial charge < -0.3 is 10.6 Å². The maximum absolute atomic E-state index is 12.5. The van der Waals surface area contributed by atoms with Gasteiger partial charge in [0.1, 0.15) is 17.2 Å². The average Bonchev–Trinajstić information content (AvgIpc) is 2.32. The first-order valence-corrected chi connectivity index (χ1v) is 5.54. The summed E-state index contributed by atoms with van der Waals surface area (Å²) >= 11 is 5.92. The summed E-state index contributed by atoms with van der Waals surface area (Å²) in [4.78, 5) is 9.28. The first-order chi connectivity index (χ1) is 8.39. The molecule has 1 aromatic rings. The van der Waals surface area contributed by atoms with Gasteiger partial charge in [-0.1, -0.05) is 17.7 Å². The summed E-state index contributed by atoms with van der Waals surface area (Å²) in [7, 11) is 0. The largest absolute Gasteiger partial charge is 0.412 e. The zero-order chi connectivity index (χ0) is 13.3. The summed E-state index contributed by atoms with van der Waals surface area (Å²) in [5.41, 5.74) is 5.00. The third-order valence-corrected chi connectivity index (χ3v) is 3.03. The van der Waals surface area contributed by atoms with E-state index in [1.165, 1.54) is 6.33 Å². The third-order valence-electron chi connectivity index (χ3n) is 2.67. The Kier molecular flexibility index (Phi) is 3.34. The van der Waals surface area contributed by atoms with E-state index in [0.717, 1.165) is 6.08 Å². The van der Waals surface area contributed by atoms with Gasteiger partial charge in [0.05, 0.1) is 0 Å². The van der Waals surface area contributed by atoms with Crippen molar-refractivity contribution < 1.29 is 13.2 Å². The van der Waals surface area contributed by atoms with Crippen molar-refractivity contribution in [3.8, 4) is 0 Å². The Morgan fingerprint density at radius 3 is 2.61 bits per heavy atom. The van der Waals surface area contributed by atoms with Crippen LogP contribution in [0.1, 0.15) is 6.42 Å². The van der Waals surface area contributed by atoms with Gasteiger partial charge in [-0.25, -0.2) is 9.97 Å². The second kappa shape index (κ2) is 4.64. The van der Waals surface area contributed by atoms with E-state index in [2.05, 4.69) is 9.97 Å². The molecule has 0 saturated heterocycles. The highest BCUT2D eigenvalue weighted by atomic mass is 35.5. The lowest BCUT2D eigenvalue weighted by Crippen LogP contribution is -2.32. The van der Waals surface area contributed by atoms with E-state index < -0.39 is 11.7 Å². The highest BCUT2D eigenvalue weighted by molar-refractivity contribution is 6.35. The molecule has 2 rings (SSSR count). The van der Waals surface area contributed by atoms with Crippen LogP contribution in [0.4, 0.5) is 24.8 Å². The minimum atomic E-state index is -4.26. The molecule has 0 aliphatic carbocycles. The lowest BCUT2D eigenvalue weighted by atomic mass is 10.1. The van der Waals surface area contributed by atoms with Crippen molar-refractivity contribution in [2.45, 2.75) is 12.6 Å². The normalized spacial score (nSPS) is 16.7. The molecule has 8 heteroatoms. The van der Waals surface area contributed by atoms with Crippen molar-refractivity contribution in [2.24, 2.45) is 0 Å². The van der Waals surface area contributed by atoms with Gasteiger partial charge in [-0.15, -0.1) is 0 Å². The van der Waals surface area contributed by atoms with Crippen LogP contribution in [0.25, 0.3) is 0 Å². The van der Waals surface area contributed by atoms with Gasteiger partial charge >= 0.3 is 6.18 Å². The summed E-state index contributed by atoms with van der Waals surface area (Å²) in [5, 5.41) is 0.168. The Labute approximate surface area is 106 Å². The molecule has 0 atom stereocenters. The van der Waals surface area contributed by atoms with Gasteiger partial charge in [0.25, 0.3) is 0 Å². The van der Waals surface area contributed by atoms with Crippen molar-refractivity contribution in [1.82, 2.24) is 9.97 Å². The lowest BCUT2D eigenvalue weighted by molar-refractivity contribution is -0.0944. The first-order valence-electron chi connectivity index (χ1n) is 5.16. The maximum Gasteiger partial charge on any atom is 0.412 e. The molecule has 1 aliphatic heterocycles. The second-order valence-corrected chi connectivity index (χ2v) is 4.20. The van der Waals surface area contributed by atoms with Crippen molar-refractivity contribution in [3.63, 3.8) is 0 Å². The van der Waals surface area contributed by atoms with Gasteiger partial charge in [0.15, 0.2) is 5.82 Å². The Balaban J connectivity index is 2.20. The second-order valence-electron chi connectivity index (χ2n) is 3.82. The van der Waals surface area contributed by atoms with E-state index >= 15 is 0 Å². The molecule has 18 heavy (non-hydrogen) atoms. The van der Waals surface area contributed by atoms with Gasteiger partial charge in [0.2, 0.25) is 0 Å². The highest BCUT2D eigenvalue weighted by Gasteiger charge is 2.35. The van der Waals surface area contributed by atoms with Crippen LogP contribution in [0.3, 0.4) is 0 Å². The molecular formula is C10H10ClF3N4. The fourth-order valence-electron chi connectivity index (χ4n) is 1.71. The number of nitrogens with zero attached hydrogens (tertiary/aromatic N) is 3. The standard InChI is InChI=1S/C10H10ClF3N4/c11-7-8(15)16-5-17-9(7)18-3-1-6(2-4-18)10(12,13)14/h1,5H,2-4H2,(H2,15,16,17). The fourth-order valence-corrected chi connectivity index (χ4v) is 1.93. The number of hydrogen-bond donors (Lipinski definition) is 1. The highest BCUT2D eigenvalue weighted by Crippen LogP contribution is 2.33. The lowest BCUT2D eigenvalue weighted by Gasteiger charge is -2.28. The van der Waals surface area contributed by atoms with Gasteiger partial charge in [-0.2, -0.15) is 13.2 Å². The minimum Gasteiger partial charge on any atom is -0.382 e. The van der Waals surface area contributed by atoms with Crippen LogP contribution in [-0.4, -0.2) is 29.2 Å². The number of nitrogen functional groups attached to an aromatic ring is 1. The zero-order valence-corrected chi connectivity index (χ0v) is 9.96. The SMILES string of the molecule is Nc1ncnc(N2CC=C(C(F)(F)F)CC2)c1Cl. The van der Waals surface area contributed by atoms with Gasteiger partial charge in [-0.3, -0.25) is 0 Å². The van der Waals surface area contributed by atoms with Crippen LogP contribution in [0.2, 0.25) is 5.02 Å². The molecule has 98 valence electrons. The van der Waals surface area contributed by atoms with Gasteiger partial charge in [-0.05, 0) is 6.42 Å². The van der Waals surface area contributed by atoms with Crippen LogP contribution < -0.4 is 10.6 Å².